The van der Waals surface area contributed by atoms with E-state index in [2.05, 4.69) is 18.2 Å². The van der Waals surface area contributed by atoms with Crippen LogP contribution in [0.4, 0.5) is 0 Å². The second kappa shape index (κ2) is 10.3. The van der Waals surface area contributed by atoms with Gasteiger partial charge in [-0.25, -0.2) is 0 Å². The zero-order chi connectivity index (χ0) is 14.6. The molecule has 0 amide bonds. The number of rotatable bonds is 10. The predicted molar refractivity (Wildman–Crippen MR) is 82.6 cm³/mol. The molecule has 2 N–H and O–H groups in total. The summed E-state index contributed by atoms with van der Waals surface area (Å²) in [4.78, 5) is 0. The maximum absolute atomic E-state index is 9.05. The van der Waals surface area contributed by atoms with Gasteiger partial charge in [-0.3, -0.25) is 0 Å². The number of aliphatic hydroxyl groups excluding tert-OH is 1. The lowest BCUT2D eigenvalue weighted by molar-refractivity contribution is 0.248. The van der Waals surface area contributed by atoms with Crippen LogP contribution in [0, 0.1) is 18.3 Å². The van der Waals surface area contributed by atoms with Gasteiger partial charge in [0, 0.05) is 18.7 Å². The molecule has 1 atom stereocenters. The Morgan fingerprint density at radius 2 is 2.15 bits per heavy atom. The molecule has 0 aliphatic heterocycles. The number of ether oxygens (including phenoxy) is 1. The molecule has 0 aromatic heterocycles. The van der Waals surface area contributed by atoms with Crippen LogP contribution in [-0.4, -0.2) is 24.9 Å². The summed E-state index contributed by atoms with van der Waals surface area (Å²) in [6, 6.07) is 7.92. The lowest BCUT2D eigenvalue weighted by atomic mass is 10.00. The first-order valence-electron chi connectivity index (χ1n) is 7.27. The standard InChI is InChI=1S/C17H25NO2/c1-3-7-15(10-11-19)13-18-14-16-8-5-6-9-17(16)20-12-4-2/h2,5-6,8-9,15,18-19H,3,7,10-14H2,1H3. The Morgan fingerprint density at radius 3 is 2.85 bits per heavy atom. The third-order valence-corrected chi connectivity index (χ3v) is 3.27. The fraction of sp³-hybridized carbons (Fsp3) is 0.529. The van der Waals surface area contributed by atoms with Gasteiger partial charge in [0.25, 0.3) is 0 Å². The second-order valence-corrected chi connectivity index (χ2v) is 4.90. The van der Waals surface area contributed by atoms with Crippen molar-refractivity contribution < 1.29 is 9.84 Å². The Bertz CT molecular complexity index is 406. The third kappa shape index (κ3) is 6.10. The molecule has 1 aromatic rings. The van der Waals surface area contributed by atoms with Gasteiger partial charge in [-0.15, -0.1) is 6.42 Å². The van der Waals surface area contributed by atoms with Crippen molar-refractivity contribution in [2.45, 2.75) is 32.7 Å². The molecule has 0 radical (unpaired) electrons. The van der Waals surface area contributed by atoms with Crippen molar-refractivity contribution in [1.29, 1.82) is 0 Å². The van der Waals surface area contributed by atoms with E-state index in [-0.39, 0.29) is 6.61 Å². The normalized spacial score (nSPS) is 11.8. The van der Waals surface area contributed by atoms with Gasteiger partial charge in [-0.05, 0) is 31.4 Å². The molecule has 1 aromatic carbocycles. The highest BCUT2D eigenvalue weighted by molar-refractivity contribution is 5.33. The second-order valence-electron chi connectivity index (χ2n) is 4.90. The molecule has 3 nitrogen and oxygen atoms in total. The first-order chi connectivity index (χ1) is 9.81. The van der Waals surface area contributed by atoms with Crippen LogP contribution in [0.1, 0.15) is 31.7 Å². The monoisotopic (exact) mass is 275 g/mol. The number of terminal acetylenes is 1. The highest BCUT2D eigenvalue weighted by atomic mass is 16.5. The number of hydrogen-bond donors (Lipinski definition) is 2. The van der Waals surface area contributed by atoms with Crippen LogP contribution in [0.5, 0.6) is 5.75 Å². The molecule has 0 bridgehead atoms. The SMILES string of the molecule is C#CCOc1ccccc1CNCC(CCC)CCO. The molecule has 20 heavy (non-hydrogen) atoms. The van der Waals surface area contributed by atoms with Crippen molar-refractivity contribution in [3.8, 4) is 18.1 Å². The summed E-state index contributed by atoms with van der Waals surface area (Å²) < 4.78 is 5.52. The molecule has 0 aliphatic carbocycles. The van der Waals surface area contributed by atoms with E-state index in [9.17, 15) is 0 Å². The fourth-order valence-electron chi connectivity index (χ4n) is 2.26. The fourth-order valence-corrected chi connectivity index (χ4v) is 2.26. The smallest absolute Gasteiger partial charge is 0.148 e. The van der Waals surface area contributed by atoms with Crippen LogP contribution >= 0.6 is 0 Å². The first-order valence-corrected chi connectivity index (χ1v) is 7.27. The Balaban J connectivity index is 2.46. The minimum atomic E-state index is 0.258. The molecular formula is C17H25NO2. The Kier molecular flexibility index (Phi) is 8.53. The van der Waals surface area contributed by atoms with E-state index in [0.717, 1.165) is 43.7 Å². The van der Waals surface area contributed by atoms with Crippen LogP contribution in [0.2, 0.25) is 0 Å². The zero-order valence-corrected chi connectivity index (χ0v) is 12.3. The van der Waals surface area contributed by atoms with Crippen molar-refractivity contribution in [1.82, 2.24) is 5.32 Å². The number of nitrogens with one attached hydrogen (secondary N) is 1. The Labute approximate surface area is 122 Å². The maximum atomic E-state index is 9.05. The minimum Gasteiger partial charge on any atom is -0.481 e. The lowest BCUT2D eigenvalue weighted by Crippen LogP contribution is -2.23. The maximum Gasteiger partial charge on any atom is 0.148 e. The summed E-state index contributed by atoms with van der Waals surface area (Å²) in [5, 5.41) is 12.5. The van der Waals surface area contributed by atoms with Gasteiger partial charge >= 0.3 is 0 Å². The average Bonchev–Trinajstić information content (AvgIpc) is 2.46. The lowest BCUT2D eigenvalue weighted by Gasteiger charge is -2.16. The summed E-state index contributed by atoms with van der Waals surface area (Å²) in [7, 11) is 0. The summed E-state index contributed by atoms with van der Waals surface area (Å²) >= 11 is 0. The van der Waals surface area contributed by atoms with E-state index in [1.165, 1.54) is 0 Å². The van der Waals surface area contributed by atoms with Gasteiger partial charge in [0.15, 0.2) is 0 Å². The topological polar surface area (TPSA) is 41.5 Å². The Morgan fingerprint density at radius 1 is 1.35 bits per heavy atom. The summed E-state index contributed by atoms with van der Waals surface area (Å²) in [6.45, 7) is 4.39. The summed E-state index contributed by atoms with van der Waals surface area (Å²) in [6.07, 6.45) is 8.36. The molecule has 0 heterocycles. The van der Waals surface area contributed by atoms with Crippen molar-refractivity contribution in [3.63, 3.8) is 0 Å². The van der Waals surface area contributed by atoms with Gasteiger partial charge in [0.1, 0.15) is 12.4 Å². The quantitative estimate of drug-likeness (QED) is 0.645. The predicted octanol–water partition coefficient (Wildman–Crippen LogP) is 2.59. The number of aliphatic hydroxyl groups is 1. The highest BCUT2D eigenvalue weighted by Gasteiger charge is 2.08. The third-order valence-electron chi connectivity index (χ3n) is 3.27. The zero-order valence-electron chi connectivity index (χ0n) is 12.3. The summed E-state index contributed by atoms with van der Waals surface area (Å²) in [5.74, 6) is 3.85. The molecular weight excluding hydrogens is 250 g/mol. The van der Waals surface area contributed by atoms with Gasteiger partial charge in [-0.1, -0.05) is 37.5 Å². The van der Waals surface area contributed by atoms with Crippen LogP contribution in [0.25, 0.3) is 0 Å². The van der Waals surface area contributed by atoms with E-state index >= 15 is 0 Å². The van der Waals surface area contributed by atoms with Crippen LogP contribution in [0.15, 0.2) is 24.3 Å². The molecule has 0 spiro atoms. The summed E-state index contributed by atoms with van der Waals surface area (Å²) in [5.41, 5.74) is 1.11. The average molecular weight is 275 g/mol. The number of hydrogen-bond acceptors (Lipinski definition) is 3. The van der Waals surface area contributed by atoms with E-state index in [0.29, 0.717) is 12.5 Å². The number of para-hydroxylation sites is 1. The van der Waals surface area contributed by atoms with Crippen LogP contribution in [-0.2, 0) is 6.54 Å². The van der Waals surface area contributed by atoms with Crippen molar-refractivity contribution in [2.75, 3.05) is 19.8 Å². The first kappa shape index (κ1) is 16.6. The van der Waals surface area contributed by atoms with E-state index in [1.54, 1.807) is 0 Å². The van der Waals surface area contributed by atoms with Gasteiger partial charge < -0.3 is 15.2 Å². The molecule has 0 saturated heterocycles. The molecule has 1 rings (SSSR count). The molecule has 0 fully saturated rings. The van der Waals surface area contributed by atoms with E-state index in [1.807, 2.05) is 24.3 Å². The molecule has 110 valence electrons. The van der Waals surface area contributed by atoms with Crippen LogP contribution < -0.4 is 10.1 Å². The van der Waals surface area contributed by atoms with Gasteiger partial charge in [0.05, 0.1) is 0 Å². The Hall–Kier alpha value is -1.50. The van der Waals surface area contributed by atoms with Crippen LogP contribution in [0.3, 0.4) is 0 Å². The molecule has 0 saturated carbocycles. The molecule has 1 unspecified atom stereocenters. The number of benzene rings is 1. The van der Waals surface area contributed by atoms with E-state index < -0.39 is 0 Å². The van der Waals surface area contributed by atoms with Gasteiger partial charge in [0.2, 0.25) is 0 Å². The van der Waals surface area contributed by atoms with Crippen molar-refractivity contribution in [3.05, 3.63) is 29.8 Å². The molecule has 0 aliphatic rings. The largest absolute Gasteiger partial charge is 0.481 e. The van der Waals surface area contributed by atoms with Crippen molar-refractivity contribution in [2.24, 2.45) is 5.92 Å². The highest BCUT2D eigenvalue weighted by Crippen LogP contribution is 2.18. The molecule has 3 heteroatoms. The van der Waals surface area contributed by atoms with E-state index in [4.69, 9.17) is 16.3 Å². The van der Waals surface area contributed by atoms with Crippen molar-refractivity contribution >= 4 is 0 Å². The minimum absolute atomic E-state index is 0.258. The van der Waals surface area contributed by atoms with Gasteiger partial charge in [-0.2, -0.15) is 0 Å².